The van der Waals surface area contributed by atoms with Crippen molar-refractivity contribution in [3.8, 4) is 0 Å². The number of rotatable bonds is 7. The molecule has 0 aromatic heterocycles. The SMILES string of the molecule is CNCC(CCCOC)C(C)C. The van der Waals surface area contributed by atoms with Crippen molar-refractivity contribution in [2.24, 2.45) is 11.8 Å². The molecule has 0 aliphatic rings. The van der Waals surface area contributed by atoms with Gasteiger partial charge in [-0.1, -0.05) is 13.8 Å². The summed E-state index contributed by atoms with van der Waals surface area (Å²) in [6.07, 6.45) is 2.45. The lowest BCUT2D eigenvalue weighted by Gasteiger charge is -2.19. The Hall–Kier alpha value is -0.0800. The molecule has 0 aliphatic carbocycles. The normalized spacial score (nSPS) is 13.8. The Labute approximate surface area is 76.7 Å². The third-order valence-corrected chi connectivity index (χ3v) is 2.33. The van der Waals surface area contributed by atoms with Gasteiger partial charge in [-0.05, 0) is 38.3 Å². The van der Waals surface area contributed by atoms with Gasteiger partial charge in [-0.15, -0.1) is 0 Å². The minimum atomic E-state index is 0.773. The van der Waals surface area contributed by atoms with E-state index in [0.29, 0.717) is 0 Å². The second-order valence-corrected chi connectivity index (χ2v) is 3.70. The Kier molecular flexibility index (Phi) is 7.51. The molecule has 0 bridgehead atoms. The molecule has 0 fully saturated rings. The molecule has 0 aliphatic heterocycles. The average Bonchev–Trinajstić information content (AvgIpc) is 2.03. The maximum atomic E-state index is 5.03. The van der Waals surface area contributed by atoms with Crippen LogP contribution in [-0.2, 0) is 4.74 Å². The molecule has 0 aromatic rings. The highest BCUT2D eigenvalue weighted by atomic mass is 16.5. The van der Waals surface area contributed by atoms with Crippen molar-refractivity contribution >= 4 is 0 Å². The summed E-state index contributed by atoms with van der Waals surface area (Å²) in [5.41, 5.74) is 0. The largest absolute Gasteiger partial charge is 0.385 e. The zero-order chi connectivity index (χ0) is 9.40. The van der Waals surface area contributed by atoms with Gasteiger partial charge in [0, 0.05) is 13.7 Å². The Morgan fingerprint density at radius 1 is 1.33 bits per heavy atom. The predicted molar refractivity (Wildman–Crippen MR) is 53.4 cm³/mol. The van der Waals surface area contributed by atoms with Crippen LogP contribution in [-0.4, -0.2) is 27.3 Å². The second kappa shape index (κ2) is 7.56. The van der Waals surface area contributed by atoms with Crippen LogP contribution in [0.3, 0.4) is 0 Å². The van der Waals surface area contributed by atoms with E-state index < -0.39 is 0 Å². The van der Waals surface area contributed by atoms with Crippen molar-refractivity contribution in [3.63, 3.8) is 0 Å². The highest BCUT2D eigenvalue weighted by Gasteiger charge is 2.11. The van der Waals surface area contributed by atoms with Gasteiger partial charge < -0.3 is 10.1 Å². The summed E-state index contributed by atoms with van der Waals surface area (Å²) in [5.74, 6) is 1.57. The highest BCUT2D eigenvalue weighted by Crippen LogP contribution is 2.15. The summed E-state index contributed by atoms with van der Waals surface area (Å²) < 4.78 is 5.03. The topological polar surface area (TPSA) is 21.3 Å². The standard InChI is InChI=1S/C10H23NO/c1-9(2)10(8-11-3)6-5-7-12-4/h9-11H,5-8H2,1-4H3. The van der Waals surface area contributed by atoms with Crippen molar-refractivity contribution in [1.29, 1.82) is 0 Å². The van der Waals surface area contributed by atoms with Crippen molar-refractivity contribution in [2.75, 3.05) is 27.3 Å². The molecule has 0 aromatic carbocycles. The van der Waals surface area contributed by atoms with Gasteiger partial charge in [0.15, 0.2) is 0 Å². The molecular formula is C10H23NO. The van der Waals surface area contributed by atoms with Gasteiger partial charge in [0.05, 0.1) is 0 Å². The summed E-state index contributed by atoms with van der Waals surface area (Å²) in [7, 11) is 3.79. The van der Waals surface area contributed by atoms with E-state index in [-0.39, 0.29) is 0 Å². The second-order valence-electron chi connectivity index (χ2n) is 3.70. The lowest BCUT2D eigenvalue weighted by Crippen LogP contribution is -2.23. The Bertz CT molecular complexity index is 93.8. The lowest BCUT2D eigenvalue weighted by molar-refractivity contribution is 0.181. The van der Waals surface area contributed by atoms with Crippen LogP contribution in [0, 0.1) is 11.8 Å². The zero-order valence-corrected chi connectivity index (χ0v) is 8.89. The van der Waals surface area contributed by atoms with Crippen LogP contribution in [0.4, 0.5) is 0 Å². The zero-order valence-electron chi connectivity index (χ0n) is 8.89. The predicted octanol–water partition coefficient (Wildman–Crippen LogP) is 1.90. The van der Waals surface area contributed by atoms with E-state index in [1.165, 1.54) is 12.8 Å². The fraction of sp³-hybridized carbons (Fsp3) is 1.00. The summed E-state index contributed by atoms with van der Waals surface area (Å²) in [4.78, 5) is 0. The molecule has 2 heteroatoms. The van der Waals surface area contributed by atoms with Crippen LogP contribution in [0.2, 0.25) is 0 Å². The van der Waals surface area contributed by atoms with Crippen LogP contribution in [0.5, 0.6) is 0 Å². The molecule has 1 unspecified atom stereocenters. The van der Waals surface area contributed by atoms with Crippen molar-refractivity contribution in [2.45, 2.75) is 26.7 Å². The molecule has 74 valence electrons. The highest BCUT2D eigenvalue weighted by molar-refractivity contribution is 4.64. The third kappa shape index (κ3) is 5.56. The molecular weight excluding hydrogens is 150 g/mol. The van der Waals surface area contributed by atoms with Gasteiger partial charge in [-0.25, -0.2) is 0 Å². The fourth-order valence-electron chi connectivity index (χ4n) is 1.42. The first-order valence-corrected chi connectivity index (χ1v) is 4.86. The third-order valence-electron chi connectivity index (χ3n) is 2.33. The van der Waals surface area contributed by atoms with E-state index >= 15 is 0 Å². The van der Waals surface area contributed by atoms with Crippen LogP contribution in [0.1, 0.15) is 26.7 Å². The summed E-state index contributed by atoms with van der Waals surface area (Å²) in [5, 5.41) is 3.24. The Balaban J connectivity index is 3.49. The van der Waals surface area contributed by atoms with E-state index in [1.54, 1.807) is 7.11 Å². The van der Waals surface area contributed by atoms with Crippen LogP contribution < -0.4 is 5.32 Å². The van der Waals surface area contributed by atoms with E-state index in [0.717, 1.165) is 25.0 Å². The van der Waals surface area contributed by atoms with Gasteiger partial charge in [0.25, 0.3) is 0 Å². The molecule has 0 rings (SSSR count). The summed E-state index contributed by atoms with van der Waals surface area (Å²) >= 11 is 0. The Morgan fingerprint density at radius 3 is 2.42 bits per heavy atom. The van der Waals surface area contributed by atoms with Gasteiger partial charge in [-0.3, -0.25) is 0 Å². The van der Waals surface area contributed by atoms with Gasteiger partial charge in [0.1, 0.15) is 0 Å². The fourth-order valence-corrected chi connectivity index (χ4v) is 1.42. The molecule has 0 saturated heterocycles. The number of ether oxygens (including phenoxy) is 1. The summed E-state index contributed by atoms with van der Waals surface area (Å²) in [6, 6.07) is 0. The number of hydrogen-bond acceptors (Lipinski definition) is 2. The van der Waals surface area contributed by atoms with E-state index in [4.69, 9.17) is 4.74 Å². The summed E-state index contributed by atoms with van der Waals surface area (Å²) in [6.45, 7) is 6.60. The maximum absolute atomic E-state index is 5.03. The number of nitrogens with one attached hydrogen (secondary N) is 1. The first kappa shape index (κ1) is 11.9. The van der Waals surface area contributed by atoms with Crippen molar-refractivity contribution < 1.29 is 4.74 Å². The van der Waals surface area contributed by atoms with E-state index in [1.807, 2.05) is 7.05 Å². The molecule has 0 saturated carbocycles. The molecule has 12 heavy (non-hydrogen) atoms. The minimum Gasteiger partial charge on any atom is -0.385 e. The smallest absolute Gasteiger partial charge is 0.0462 e. The van der Waals surface area contributed by atoms with E-state index in [9.17, 15) is 0 Å². The van der Waals surface area contributed by atoms with Crippen molar-refractivity contribution in [1.82, 2.24) is 5.32 Å². The molecule has 0 radical (unpaired) electrons. The van der Waals surface area contributed by atoms with Crippen LogP contribution in [0.25, 0.3) is 0 Å². The molecule has 1 N–H and O–H groups in total. The van der Waals surface area contributed by atoms with Crippen molar-refractivity contribution in [3.05, 3.63) is 0 Å². The first-order valence-electron chi connectivity index (χ1n) is 4.86. The van der Waals surface area contributed by atoms with E-state index in [2.05, 4.69) is 19.2 Å². The maximum Gasteiger partial charge on any atom is 0.0462 e. The quantitative estimate of drug-likeness (QED) is 0.594. The van der Waals surface area contributed by atoms with Crippen LogP contribution >= 0.6 is 0 Å². The minimum absolute atomic E-state index is 0.773. The van der Waals surface area contributed by atoms with Gasteiger partial charge >= 0.3 is 0 Å². The van der Waals surface area contributed by atoms with Gasteiger partial charge in [-0.2, -0.15) is 0 Å². The lowest BCUT2D eigenvalue weighted by atomic mass is 9.91. The molecule has 2 nitrogen and oxygen atoms in total. The molecule has 1 atom stereocenters. The van der Waals surface area contributed by atoms with Gasteiger partial charge in [0.2, 0.25) is 0 Å². The molecule has 0 amide bonds. The Morgan fingerprint density at radius 2 is 2.00 bits per heavy atom. The number of methoxy groups -OCH3 is 1. The molecule has 0 heterocycles. The molecule has 0 spiro atoms. The monoisotopic (exact) mass is 173 g/mol. The number of hydrogen-bond donors (Lipinski definition) is 1. The average molecular weight is 173 g/mol. The van der Waals surface area contributed by atoms with Crippen LogP contribution in [0.15, 0.2) is 0 Å². The first-order chi connectivity index (χ1) is 5.72.